The van der Waals surface area contributed by atoms with Gasteiger partial charge in [0.05, 0.1) is 0 Å². The molecule has 1 N–H and O–H groups in total. The molecule has 0 fully saturated rings. The Hall–Kier alpha value is -1.12. The van der Waals surface area contributed by atoms with Gasteiger partial charge in [-0.3, -0.25) is 0 Å². The average molecular weight is 291 g/mol. The van der Waals surface area contributed by atoms with Crippen LogP contribution in [0.1, 0.15) is 16.7 Å². The van der Waals surface area contributed by atoms with Gasteiger partial charge in [-0.1, -0.05) is 54.6 Å². The maximum atomic E-state index is 10.5. The predicted octanol–water partition coefficient (Wildman–Crippen LogP) is 3.78. The second-order valence-corrected chi connectivity index (χ2v) is 5.55. The van der Waals surface area contributed by atoms with Crippen LogP contribution in [-0.4, -0.2) is 5.11 Å². The summed E-state index contributed by atoms with van der Waals surface area (Å²) < 4.78 is -1.00. The fourth-order valence-corrected chi connectivity index (χ4v) is 2.73. The first-order valence-corrected chi connectivity index (χ1v) is 6.40. The number of benzene rings is 2. The van der Waals surface area contributed by atoms with Crippen molar-refractivity contribution in [2.45, 2.75) is 17.9 Å². The molecular formula is C15H15BrO. The molecule has 0 saturated heterocycles. The van der Waals surface area contributed by atoms with E-state index in [9.17, 15) is 5.11 Å². The Labute approximate surface area is 110 Å². The number of halogens is 1. The Balaban J connectivity index is 2.28. The van der Waals surface area contributed by atoms with E-state index in [0.717, 1.165) is 16.7 Å². The Bertz CT molecular complexity index is 491. The van der Waals surface area contributed by atoms with E-state index >= 15 is 0 Å². The highest BCUT2D eigenvalue weighted by atomic mass is 79.9. The van der Waals surface area contributed by atoms with Gasteiger partial charge in [-0.2, -0.15) is 0 Å². The largest absolute Gasteiger partial charge is 0.374 e. The lowest BCUT2D eigenvalue weighted by Gasteiger charge is -2.23. The van der Waals surface area contributed by atoms with Crippen molar-refractivity contribution >= 4 is 15.9 Å². The monoisotopic (exact) mass is 290 g/mol. The second kappa shape index (κ2) is 5.03. The van der Waals surface area contributed by atoms with E-state index in [-0.39, 0.29) is 0 Å². The van der Waals surface area contributed by atoms with Gasteiger partial charge < -0.3 is 5.11 Å². The number of rotatable bonds is 3. The minimum absolute atomic E-state index is 0.554. The molecule has 0 bridgehead atoms. The van der Waals surface area contributed by atoms with Crippen molar-refractivity contribution in [1.29, 1.82) is 0 Å². The molecule has 0 aliphatic rings. The van der Waals surface area contributed by atoms with Crippen molar-refractivity contribution in [3.8, 4) is 0 Å². The van der Waals surface area contributed by atoms with E-state index in [2.05, 4.69) is 15.9 Å². The quantitative estimate of drug-likeness (QED) is 0.853. The van der Waals surface area contributed by atoms with Crippen LogP contribution in [0.3, 0.4) is 0 Å². The lowest BCUT2D eigenvalue weighted by atomic mass is 9.98. The molecule has 0 amide bonds. The minimum Gasteiger partial charge on any atom is -0.374 e. The van der Waals surface area contributed by atoms with Gasteiger partial charge in [0, 0.05) is 6.42 Å². The van der Waals surface area contributed by atoms with Gasteiger partial charge in [-0.15, -0.1) is 0 Å². The molecule has 0 radical (unpaired) electrons. The van der Waals surface area contributed by atoms with Crippen molar-refractivity contribution in [2.75, 3.05) is 0 Å². The molecule has 0 aromatic heterocycles. The normalized spacial score (nSPS) is 14.3. The number of hydrogen-bond donors (Lipinski definition) is 1. The van der Waals surface area contributed by atoms with E-state index in [1.807, 2.05) is 61.5 Å². The number of alkyl halides is 1. The van der Waals surface area contributed by atoms with E-state index in [4.69, 9.17) is 0 Å². The maximum Gasteiger partial charge on any atom is 0.149 e. The van der Waals surface area contributed by atoms with Crippen LogP contribution in [0.4, 0.5) is 0 Å². The zero-order valence-corrected chi connectivity index (χ0v) is 11.3. The smallest absolute Gasteiger partial charge is 0.149 e. The van der Waals surface area contributed by atoms with E-state index in [1.165, 1.54) is 0 Å². The molecule has 0 heterocycles. The van der Waals surface area contributed by atoms with Crippen LogP contribution in [0.2, 0.25) is 0 Å². The third kappa shape index (κ3) is 2.96. The fourth-order valence-electron chi connectivity index (χ4n) is 1.96. The first kappa shape index (κ1) is 12.3. The van der Waals surface area contributed by atoms with Gasteiger partial charge in [-0.05, 0) is 39.5 Å². The van der Waals surface area contributed by atoms with Crippen LogP contribution in [0.25, 0.3) is 0 Å². The van der Waals surface area contributed by atoms with Gasteiger partial charge in [0.15, 0.2) is 0 Å². The standard InChI is InChI=1S/C15H15BrO/c1-12-7-5-6-10-14(12)15(16,17)11-13-8-3-2-4-9-13/h2-10,17H,11H2,1H3. The summed E-state index contributed by atoms with van der Waals surface area (Å²) in [5.74, 6) is 0. The van der Waals surface area contributed by atoms with Gasteiger partial charge >= 0.3 is 0 Å². The Morgan fingerprint density at radius 1 is 1.00 bits per heavy atom. The third-order valence-electron chi connectivity index (χ3n) is 2.84. The summed E-state index contributed by atoms with van der Waals surface area (Å²) in [6.45, 7) is 2.01. The molecule has 2 rings (SSSR count). The van der Waals surface area contributed by atoms with E-state index in [0.29, 0.717) is 6.42 Å². The molecule has 2 heteroatoms. The van der Waals surface area contributed by atoms with Crippen molar-refractivity contribution in [2.24, 2.45) is 0 Å². The highest BCUT2D eigenvalue weighted by Crippen LogP contribution is 2.33. The Morgan fingerprint density at radius 3 is 2.24 bits per heavy atom. The SMILES string of the molecule is Cc1ccccc1C(O)(Br)Cc1ccccc1. The minimum atomic E-state index is -1.00. The molecule has 0 spiro atoms. The molecule has 2 aromatic carbocycles. The summed E-state index contributed by atoms with van der Waals surface area (Å²) >= 11 is 3.43. The molecule has 1 nitrogen and oxygen atoms in total. The van der Waals surface area contributed by atoms with Crippen LogP contribution in [0, 0.1) is 6.92 Å². The summed E-state index contributed by atoms with van der Waals surface area (Å²) in [5, 5.41) is 10.5. The van der Waals surface area contributed by atoms with Crippen LogP contribution >= 0.6 is 15.9 Å². The average Bonchev–Trinajstić information content (AvgIpc) is 2.30. The lowest BCUT2D eigenvalue weighted by molar-refractivity contribution is 0.145. The van der Waals surface area contributed by atoms with Crippen LogP contribution in [0.15, 0.2) is 54.6 Å². The topological polar surface area (TPSA) is 20.2 Å². The highest BCUT2D eigenvalue weighted by molar-refractivity contribution is 9.09. The second-order valence-electron chi connectivity index (χ2n) is 4.24. The number of aryl methyl sites for hydroxylation is 1. The summed E-state index contributed by atoms with van der Waals surface area (Å²) in [6, 6.07) is 17.9. The van der Waals surface area contributed by atoms with Crippen molar-refractivity contribution in [1.82, 2.24) is 0 Å². The molecular weight excluding hydrogens is 276 g/mol. The van der Waals surface area contributed by atoms with Crippen molar-refractivity contribution in [3.63, 3.8) is 0 Å². The Kier molecular flexibility index (Phi) is 3.65. The summed E-state index contributed by atoms with van der Waals surface area (Å²) in [6.07, 6.45) is 0.554. The van der Waals surface area contributed by atoms with E-state index < -0.39 is 4.51 Å². The van der Waals surface area contributed by atoms with Crippen LogP contribution < -0.4 is 0 Å². The van der Waals surface area contributed by atoms with Gasteiger partial charge in [0.1, 0.15) is 4.51 Å². The van der Waals surface area contributed by atoms with Crippen molar-refractivity contribution < 1.29 is 5.11 Å². The summed E-state index contributed by atoms with van der Waals surface area (Å²) in [7, 11) is 0. The highest BCUT2D eigenvalue weighted by Gasteiger charge is 2.27. The van der Waals surface area contributed by atoms with Gasteiger partial charge in [0.2, 0.25) is 0 Å². The van der Waals surface area contributed by atoms with Gasteiger partial charge in [0.25, 0.3) is 0 Å². The third-order valence-corrected chi connectivity index (χ3v) is 3.55. The maximum absolute atomic E-state index is 10.5. The van der Waals surface area contributed by atoms with Gasteiger partial charge in [-0.25, -0.2) is 0 Å². The van der Waals surface area contributed by atoms with Crippen molar-refractivity contribution in [3.05, 3.63) is 71.3 Å². The zero-order valence-electron chi connectivity index (χ0n) is 9.73. The lowest BCUT2D eigenvalue weighted by Crippen LogP contribution is -2.21. The summed E-state index contributed by atoms with van der Waals surface area (Å²) in [4.78, 5) is 0. The van der Waals surface area contributed by atoms with Crippen LogP contribution in [0.5, 0.6) is 0 Å². The molecule has 2 aromatic rings. The zero-order chi connectivity index (χ0) is 12.3. The molecule has 1 atom stereocenters. The molecule has 0 aliphatic heterocycles. The molecule has 0 saturated carbocycles. The molecule has 1 unspecified atom stereocenters. The fraction of sp³-hybridized carbons (Fsp3) is 0.200. The predicted molar refractivity (Wildman–Crippen MR) is 74.1 cm³/mol. The number of hydrogen-bond acceptors (Lipinski definition) is 1. The molecule has 17 heavy (non-hydrogen) atoms. The molecule has 88 valence electrons. The first-order chi connectivity index (χ1) is 8.09. The molecule has 0 aliphatic carbocycles. The van der Waals surface area contributed by atoms with Crippen LogP contribution in [-0.2, 0) is 10.9 Å². The first-order valence-electron chi connectivity index (χ1n) is 5.61. The van der Waals surface area contributed by atoms with E-state index in [1.54, 1.807) is 0 Å². The Morgan fingerprint density at radius 2 is 1.59 bits per heavy atom. The summed E-state index contributed by atoms with van der Waals surface area (Å²) in [5.41, 5.74) is 3.11. The number of aliphatic hydroxyl groups is 1.